The molecule has 0 aliphatic heterocycles. The van der Waals surface area contributed by atoms with Gasteiger partial charge >= 0.3 is 5.97 Å². The van der Waals surface area contributed by atoms with E-state index in [1.54, 1.807) is 30.3 Å². The number of carbonyl (C=O) groups is 1. The van der Waals surface area contributed by atoms with Crippen molar-refractivity contribution in [1.82, 2.24) is 0 Å². The summed E-state index contributed by atoms with van der Waals surface area (Å²) >= 11 is 0. The molecule has 0 bridgehead atoms. The van der Waals surface area contributed by atoms with E-state index in [4.69, 9.17) is 9.62 Å². The maximum absolute atomic E-state index is 12.4. The number of hydrogen-bond acceptors (Lipinski definition) is 5. The monoisotopic (exact) mass is 400 g/mol. The molecule has 29 heavy (non-hydrogen) atoms. The van der Waals surface area contributed by atoms with Gasteiger partial charge in [-0.1, -0.05) is 44.2 Å². The van der Waals surface area contributed by atoms with Crippen LogP contribution < -0.4 is 0 Å². The van der Waals surface area contributed by atoms with Crippen LogP contribution in [0.4, 0.5) is 0 Å². The Balaban J connectivity index is 2.11. The molecule has 0 fully saturated rings. The highest BCUT2D eigenvalue weighted by molar-refractivity contribution is 5.87. The molecule has 0 saturated carbocycles. The van der Waals surface area contributed by atoms with E-state index in [1.807, 2.05) is 6.92 Å². The fourth-order valence-electron chi connectivity index (χ4n) is 3.67. The third kappa shape index (κ3) is 7.87. The zero-order valence-corrected chi connectivity index (χ0v) is 17.6. The second kappa shape index (κ2) is 10.4. The maximum atomic E-state index is 12.4. The summed E-state index contributed by atoms with van der Waals surface area (Å²) in [5.74, 6) is -0.222. The lowest BCUT2D eigenvalue weighted by atomic mass is 9.79. The van der Waals surface area contributed by atoms with Crippen LogP contribution in [0.5, 0.6) is 5.75 Å². The molecule has 0 amide bonds. The Hall–Kier alpha value is -2.37. The predicted octanol–water partition coefficient (Wildman–Crippen LogP) is 5.67. The van der Waals surface area contributed by atoms with Crippen molar-refractivity contribution in [3.63, 3.8) is 0 Å². The quantitative estimate of drug-likeness (QED) is 0.224. The van der Waals surface area contributed by atoms with Crippen LogP contribution in [0.1, 0.15) is 58.4 Å². The Morgan fingerprint density at radius 1 is 1.24 bits per heavy atom. The molecule has 2 atom stereocenters. The zero-order valence-electron chi connectivity index (χ0n) is 17.6. The van der Waals surface area contributed by atoms with Crippen LogP contribution >= 0.6 is 0 Å². The Morgan fingerprint density at radius 2 is 1.93 bits per heavy atom. The normalized spacial score (nSPS) is 25.1. The molecule has 2 N–H and O–H groups in total. The number of phenolic OH excluding ortho intramolecular Hbond substituents is 1. The molecule has 158 valence electrons. The highest BCUT2D eigenvalue weighted by Crippen LogP contribution is 2.35. The molecule has 0 radical (unpaired) electrons. The molecule has 1 aliphatic carbocycles. The maximum Gasteiger partial charge on any atom is 0.331 e. The number of aromatic hydroxyl groups is 1. The van der Waals surface area contributed by atoms with Crippen LogP contribution in [0.15, 0.2) is 54.1 Å². The van der Waals surface area contributed by atoms with Crippen molar-refractivity contribution in [3.8, 4) is 5.75 Å². The number of esters is 1. The third-order valence-electron chi connectivity index (χ3n) is 5.20. The van der Waals surface area contributed by atoms with E-state index in [9.17, 15) is 15.2 Å². The van der Waals surface area contributed by atoms with Gasteiger partial charge in [0.25, 0.3) is 0 Å². The fraction of sp³-hybridized carbons (Fsp3) is 0.458. The second-order valence-electron chi connectivity index (χ2n) is 8.60. The fourth-order valence-corrected chi connectivity index (χ4v) is 3.67. The van der Waals surface area contributed by atoms with Crippen molar-refractivity contribution < 1.29 is 24.8 Å². The smallest absolute Gasteiger partial charge is 0.331 e. The Morgan fingerprint density at radius 3 is 2.59 bits per heavy atom. The van der Waals surface area contributed by atoms with Gasteiger partial charge in [0.2, 0.25) is 0 Å². The standard InChI is InChI=1S/C24H32O5/c1-17-6-5-7-18(2)22(29-27)16-24(3,4)15-21(14-17)28-23(26)13-10-19-8-11-20(25)12-9-19/h6,8-13,21-22,25,27H,2,5,7,14-16H2,1,3-4H3/b13-10+,17-6+/t21-,22-/m0/s1. The first kappa shape index (κ1) is 22.9. The minimum Gasteiger partial charge on any atom is -0.508 e. The SMILES string of the molecule is C=C1CC/C=C(\C)C[C@H](OC(=O)/C=C/c2ccc(O)cc2)CC(C)(C)C[C@@H]1OO. The van der Waals surface area contributed by atoms with Crippen LogP contribution in [0.3, 0.4) is 0 Å². The van der Waals surface area contributed by atoms with Crippen molar-refractivity contribution >= 4 is 12.0 Å². The van der Waals surface area contributed by atoms with Crippen molar-refractivity contribution in [2.75, 3.05) is 0 Å². The summed E-state index contributed by atoms with van der Waals surface area (Å²) in [6, 6.07) is 6.59. The van der Waals surface area contributed by atoms with Gasteiger partial charge in [0.1, 0.15) is 18.0 Å². The molecular formula is C24H32O5. The lowest BCUT2D eigenvalue weighted by Gasteiger charge is -2.32. The predicted molar refractivity (Wildman–Crippen MR) is 114 cm³/mol. The number of rotatable bonds is 4. The third-order valence-corrected chi connectivity index (χ3v) is 5.20. The van der Waals surface area contributed by atoms with E-state index in [2.05, 4.69) is 26.5 Å². The first-order valence-electron chi connectivity index (χ1n) is 10.00. The van der Waals surface area contributed by atoms with Crippen LogP contribution in [-0.4, -0.2) is 28.5 Å². The van der Waals surface area contributed by atoms with Gasteiger partial charge in [0.15, 0.2) is 0 Å². The number of hydrogen-bond donors (Lipinski definition) is 2. The molecule has 0 unspecified atom stereocenters. The van der Waals surface area contributed by atoms with Gasteiger partial charge in [0, 0.05) is 12.5 Å². The van der Waals surface area contributed by atoms with E-state index in [-0.39, 0.29) is 17.3 Å². The number of carbonyl (C=O) groups excluding carboxylic acids is 1. The molecule has 2 rings (SSSR count). The molecule has 0 heterocycles. The minimum atomic E-state index is -0.428. The van der Waals surface area contributed by atoms with E-state index >= 15 is 0 Å². The van der Waals surface area contributed by atoms with Gasteiger partial charge < -0.3 is 9.84 Å². The van der Waals surface area contributed by atoms with Crippen LogP contribution in [0, 0.1) is 5.41 Å². The summed E-state index contributed by atoms with van der Waals surface area (Å²) in [4.78, 5) is 17.1. The average molecular weight is 401 g/mol. The van der Waals surface area contributed by atoms with E-state index in [0.29, 0.717) is 19.3 Å². The van der Waals surface area contributed by atoms with Crippen LogP contribution in [0.2, 0.25) is 0 Å². The molecular weight excluding hydrogens is 368 g/mol. The zero-order chi connectivity index (χ0) is 21.4. The first-order valence-corrected chi connectivity index (χ1v) is 10.00. The summed E-state index contributed by atoms with van der Waals surface area (Å²) in [5.41, 5.74) is 2.63. The summed E-state index contributed by atoms with van der Waals surface area (Å²) < 4.78 is 5.77. The average Bonchev–Trinajstić information content (AvgIpc) is 2.66. The topological polar surface area (TPSA) is 76.0 Å². The van der Waals surface area contributed by atoms with Gasteiger partial charge in [-0.15, -0.1) is 0 Å². The molecule has 0 aromatic heterocycles. The summed E-state index contributed by atoms with van der Waals surface area (Å²) in [5, 5.41) is 18.7. The Bertz CT molecular complexity index is 758. The van der Waals surface area contributed by atoms with Gasteiger partial charge in [-0.05, 0) is 67.4 Å². The molecule has 5 nitrogen and oxygen atoms in total. The van der Waals surface area contributed by atoms with E-state index in [1.165, 1.54) is 6.08 Å². The van der Waals surface area contributed by atoms with Crippen LogP contribution in [0.25, 0.3) is 6.08 Å². The molecule has 1 aromatic rings. The first-order chi connectivity index (χ1) is 13.7. The van der Waals surface area contributed by atoms with E-state index in [0.717, 1.165) is 29.6 Å². The van der Waals surface area contributed by atoms with Gasteiger partial charge in [-0.2, -0.15) is 0 Å². The number of allylic oxidation sites excluding steroid dienone is 1. The number of ether oxygens (including phenoxy) is 1. The molecule has 1 aromatic carbocycles. The largest absolute Gasteiger partial charge is 0.508 e. The minimum absolute atomic E-state index is 0.180. The van der Waals surface area contributed by atoms with Gasteiger partial charge in [-0.3, -0.25) is 5.26 Å². The van der Waals surface area contributed by atoms with Crippen molar-refractivity contribution in [2.45, 2.75) is 65.1 Å². The van der Waals surface area contributed by atoms with Gasteiger partial charge in [-0.25, -0.2) is 9.68 Å². The summed E-state index contributed by atoms with van der Waals surface area (Å²) in [7, 11) is 0. The summed E-state index contributed by atoms with van der Waals surface area (Å²) in [6.07, 6.45) is 7.97. The highest BCUT2D eigenvalue weighted by atomic mass is 17.1. The summed E-state index contributed by atoms with van der Waals surface area (Å²) in [6.45, 7) is 10.3. The molecule has 5 heteroatoms. The number of phenols is 1. The molecule has 0 spiro atoms. The van der Waals surface area contributed by atoms with Crippen LogP contribution in [-0.2, 0) is 14.4 Å². The number of benzene rings is 1. The van der Waals surface area contributed by atoms with Crippen molar-refractivity contribution in [2.24, 2.45) is 5.41 Å². The Kier molecular flexibility index (Phi) is 8.23. The second-order valence-corrected chi connectivity index (χ2v) is 8.60. The lowest BCUT2D eigenvalue weighted by Crippen LogP contribution is -2.30. The van der Waals surface area contributed by atoms with E-state index < -0.39 is 12.1 Å². The lowest BCUT2D eigenvalue weighted by molar-refractivity contribution is -0.274. The highest BCUT2D eigenvalue weighted by Gasteiger charge is 2.31. The van der Waals surface area contributed by atoms with Gasteiger partial charge in [0.05, 0.1) is 0 Å². The van der Waals surface area contributed by atoms with Crippen molar-refractivity contribution in [3.05, 3.63) is 59.7 Å². The van der Waals surface area contributed by atoms with Crippen molar-refractivity contribution in [1.29, 1.82) is 0 Å². The molecule has 1 aliphatic rings. The molecule has 0 saturated heterocycles. The Labute approximate surface area is 173 Å².